The van der Waals surface area contributed by atoms with Crippen molar-refractivity contribution in [2.45, 2.75) is 26.3 Å². The number of fused-ring (bicyclic) bond motifs is 1. The van der Waals surface area contributed by atoms with Crippen LogP contribution in [0.5, 0.6) is 0 Å². The molecule has 0 bridgehead atoms. The lowest BCUT2D eigenvalue weighted by molar-refractivity contribution is -0.135. The van der Waals surface area contributed by atoms with E-state index in [0.29, 0.717) is 12.2 Å². The molecule has 2 aromatic carbocycles. The van der Waals surface area contributed by atoms with Crippen LogP contribution in [-0.2, 0) is 29.0 Å². The monoisotopic (exact) mass is 365 g/mol. The SMILES string of the molecule is CCc1c(CC(N)=O)c2c(NCC(=O)O)cccc2n1Cc1ccccc1. The number of carboxylic acids is 1. The van der Waals surface area contributed by atoms with Crippen LogP contribution in [0.15, 0.2) is 48.5 Å². The summed E-state index contributed by atoms with van der Waals surface area (Å²) in [7, 11) is 0. The van der Waals surface area contributed by atoms with Gasteiger partial charge in [-0.15, -0.1) is 0 Å². The van der Waals surface area contributed by atoms with Gasteiger partial charge in [0.1, 0.15) is 6.54 Å². The minimum Gasteiger partial charge on any atom is -0.480 e. The summed E-state index contributed by atoms with van der Waals surface area (Å²) in [5.74, 6) is -1.35. The predicted molar refractivity (Wildman–Crippen MR) is 106 cm³/mol. The van der Waals surface area contributed by atoms with Crippen LogP contribution in [0.1, 0.15) is 23.7 Å². The van der Waals surface area contributed by atoms with Gasteiger partial charge in [0.2, 0.25) is 5.91 Å². The molecule has 0 aliphatic rings. The average molecular weight is 365 g/mol. The fraction of sp³-hybridized carbons (Fsp3) is 0.238. The summed E-state index contributed by atoms with van der Waals surface area (Å²) >= 11 is 0. The minimum absolute atomic E-state index is 0.118. The lowest BCUT2D eigenvalue weighted by Gasteiger charge is -2.11. The van der Waals surface area contributed by atoms with Gasteiger partial charge in [-0.05, 0) is 29.7 Å². The number of aliphatic carboxylic acids is 1. The summed E-state index contributed by atoms with van der Waals surface area (Å²) in [5.41, 5.74) is 10.2. The van der Waals surface area contributed by atoms with Crippen molar-refractivity contribution < 1.29 is 14.7 Å². The van der Waals surface area contributed by atoms with Gasteiger partial charge in [0.15, 0.2) is 0 Å². The van der Waals surface area contributed by atoms with Gasteiger partial charge < -0.3 is 20.7 Å². The van der Waals surface area contributed by atoms with Gasteiger partial charge in [-0.2, -0.15) is 0 Å². The van der Waals surface area contributed by atoms with Crippen LogP contribution in [0, 0.1) is 0 Å². The van der Waals surface area contributed by atoms with Crippen LogP contribution < -0.4 is 11.1 Å². The number of carbonyl (C=O) groups is 2. The lowest BCUT2D eigenvalue weighted by atomic mass is 10.0. The number of aromatic nitrogens is 1. The summed E-state index contributed by atoms with van der Waals surface area (Å²) in [4.78, 5) is 22.7. The molecule has 0 aliphatic carbocycles. The molecule has 4 N–H and O–H groups in total. The van der Waals surface area contributed by atoms with Gasteiger partial charge in [0.25, 0.3) is 0 Å². The number of rotatable bonds is 8. The maximum atomic E-state index is 11.7. The molecule has 3 rings (SSSR count). The molecule has 0 aliphatic heterocycles. The first-order valence-corrected chi connectivity index (χ1v) is 8.92. The Labute approximate surface area is 157 Å². The normalized spacial score (nSPS) is 10.9. The molecule has 1 heterocycles. The molecular weight excluding hydrogens is 342 g/mol. The van der Waals surface area contributed by atoms with E-state index in [0.717, 1.165) is 34.1 Å². The molecule has 0 spiro atoms. The number of amides is 1. The Balaban J connectivity index is 2.20. The third kappa shape index (κ3) is 3.95. The molecule has 0 fully saturated rings. The maximum absolute atomic E-state index is 11.7. The van der Waals surface area contributed by atoms with Gasteiger partial charge in [-0.1, -0.05) is 43.3 Å². The molecule has 1 aromatic heterocycles. The quantitative estimate of drug-likeness (QED) is 0.572. The van der Waals surface area contributed by atoms with E-state index in [1.807, 2.05) is 43.3 Å². The first-order chi connectivity index (χ1) is 13.0. The second kappa shape index (κ2) is 7.95. The average Bonchev–Trinajstić information content (AvgIpc) is 2.93. The highest BCUT2D eigenvalue weighted by Gasteiger charge is 2.20. The second-order valence-electron chi connectivity index (χ2n) is 6.44. The number of carboxylic acid groups (broad SMARTS) is 1. The molecule has 6 heteroatoms. The molecule has 0 saturated carbocycles. The summed E-state index contributed by atoms with van der Waals surface area (Å²) in [6.07, 6.45) is 0.857. The number of carbonyl (C=O) groups excluding carboxylic acids is 1. The fourth-order valence-electron chi connectivity index (χ4n) is 3.57. The molecule has 0 unspecified atom stereocenters. The predicted octanol–water partition coefficient (Wildman–Crippen LogP) is 2.78. The highest BCUT2D eigenvalue weighted by molar-refractivity contribution is 5.99. The molecule has 1 amide bonds. The van der Waals surface area contributed by atoms with Gasteiger partial charge in [0, 0.05) is 23.3 Å². The number of nitrogens with one attached hydrogen (secondary N) is 1. The molecule has 0 radical (unpaired) electrons. The Kier molecular flexibility index (Phi) is 5.45. The first-order valence-electron chi connectivity index (χ1n) is 8.92. The van der Waals surface area contributed by atoms with Crippen LogP contribution in [0.2, 0.25) is 0 Å². The summed E-state index contributed by atoms with van der Waals surface area (Å²) < 4.78 is 2.19. The number of hydrogen-bond acceptors (Lipinski definition) is 3. The Bertz CT molecular complexity index is 977. The van der Waals surface area contributed by atoms with Gasteiger partial charge >= 0.3 is 5.97 Å². The van der Waals surface area contributed by atoms with Crippen LogP contribution in [0.3, 0.4) is 0 Å². The maximum Gasteiger partial charge on any atom is 0.322 e. The van der Waals surface area contributed by atoms with E-state index >= 15 is 0 Å². The third-order valence-corrected chi connectivity index (χ3v) is 4.61. The van der Waals surface area contributed by atoms with E-state index in [1.165, 1.54) is 0 Å². The Hall–Kier alpha value is -3.28. The highest BCUT2D eigenvalue weighted by Crippen LogP contribution is 2.33. The van der Waals surface area contributed by atoms with E-state index in [4.69, 9.17) is 10.8 Å². The first kappa shape index (κ1) is 18.5. The van der Waals surface area contributed by atoms with Crippen molar-refractivity contribution in [1.82, 2.24) is 4.57 Å². The summed E-state index contributed by atoms with van der Waals surface area (Å²) in [6, 6.07) is 15.8. The summed E-state index contributed by atoms with van der Waals surface area (Å²) in [6.45, 7) is 2.52. The number of benzene rings is 2. The number of primary amides is 1. The van der Waals surface area contributed by atoms with E-state index in [2.05, 4.69) is 22.0 Å². The van der Waals surface area contributed by atoms with Crippen LogP contribution in [-0.4, -0.2) is 28.1 Å². The Morgan fingerprint density at radius 2 is 1.85 bits per heavy atom. The van der Waals surface area contributed by atoms with E-state index in [-0.39, 0.29) is 13.0 Å². The largest absolute Gasteiger partial charge is 0.480 e. The van der Waals surface area contributed by atoms with Crippen molar-refractivity contribution >= 4 is 28.5 Å². The van der Waals surface area contributed by atoms with E-state index in [1.54, 1.807) is 0 Å². The molecule has 140 valence electrons. The molecular formula is C21H23N3O3. The van der Waals surface area contributed by atoms with E-state index in [9.17, 15) is 9.59 Å². The molecule has 27 heavy (non-hydrogen) atoms. The fourth-order valence-corrected chi connectivity index (χ4v) is 3.57. The second-order valence-corrected chi connectivity index (χ2v) is 6.44. The minimum atomic E-state index is -0.942. The van der Waals surface area contributed by atoms with Crippen molar-refractivity contribution in [2.24, 2.45) is 5.73 Å². The zero-order chi connectivity index (χ0) is 19.4. The molecule has 6 nitrogen and oxygen atoms in total. The standard InChI is InChI=1S/C21H23N3O3/c1-2-17-15(11-19(22)25)21-16(23-12-20(26)27)9-6-10-18(21)24(17)13-14-7-4-3-5-8-14/h3-10,23H,2,11-13H2,1H3,(H2,22,25)(H,26,27). The molecule has 3 aromatic rings. The number of nitrogens with zero attached hydrogens (tertiary/aromatic N) is 1. The van der Waals surface area contributed by atoms with Crippen molar-refractivity contribution in [3.63, 3.8) is 0 Å². The lowest BCUT2D eigenvalue weighted by Crippen LogP contribution is -2.16. The van der Waals surface area contributed by atoms with Crippen LogP contribution in [0.4, 0.5) is 5.69 Å². The van der Waals surface area contributed by atoms with Crippen LogP contribution >= 0.6 is 0 Å². The zero-order valence-corrected chi connectivity index (χ0v) is 15.2. The number of anilines is 1. The molecule has 0 atom stereocenters. The Morgan fingerprint density at radius 1 is 1.11 bits per heavy atom. The van der Waals surface area contributed by atoms with E-state index < -0.39 is 11.9 Å². The highest BCUT2D eigenvalue weighted by atomic mass is 16.4. The number of hydrogen-bond donors (Lipinski definition) is 3. The summed E-state index contributed by atoms with van der Waals surface area (Å²) in [5, 5.41) is 12.9. The van der Waals surface area contributed by atoms with Gasteiger partial charge in [-0.25, -0.2) is 0 Å². The van der Waals surface area contributed by atoms with Crippen molar-refractivity contribution in [3.05, 3.63) is 65.4 Å². The van der Waals surface area contributed by atoms with Crippen molar-refractivity contribution in [3.8, 4) is 0 Å². The Morgan fingerprint density at radius 3 is 2.48 bits per heavy atom. The third-order valence-electron chi connectivity index (χ3n) is 4.61. The number of nitrogens with two attached hydrogens (primary N) is 1. The topological polar surface area (TPSA) is 97.3 Å². The van der Waals surface area contributed by atoms with Crippen molar-refractivity contribution in [2.75, 3.05) is 11.9 Å². The molecule has 0 saturated heterocycles. The zero-order valence-electron chi connectivity index (χ0n) is 15.2. The van der Waals surface area contributed by atoms with Crippen LogP contribution in [0.25, 0.3) is 10.9 Å². The van der Waals surface area contributed by atoms with Crippen molar-refractivity contribution in [1.29, 1.82) is 0 Å². The van der Waals surface area contributed by atoms with Gasteiger partial charge in [0.05, 0.1) is 11.9 Å². The van der Waals surface area contributed by atoms with Gasteiger partial charge in [-0.3, -0.25) is 9.59 Å². The smallest absolute Gasteiger partial charge is 0.322 e.